The molecule has 0 bridgehead atoms. The standard InChI is InChI=1S/C5H10NO2/c1-3-4(6-2)5(7)8/h4,6H,3H2,1-2H3. The molecule has 0 aliphatic rings. The van der Waals surface area contributed by atoms with Crippen LogP contribution in [0, 0.1) is 0 Å². The summed E-state index contributed by atoms with van der Waals surface area (Å²) in [7, 11) is 1.60. The predicted molar refractivity (Wildman–Crippen MR) is 28.8 cm³/mol. The van der Waals surface area contributed by atoms with Crippen LogP contribution in [-0.2, 0) is 9.90 Å². The summed E-state index contributed by atoms with van der Waals surface area (Å²) in [6.45, 7) is 1.79. The van der Waals surface area contributed by atoms with Gasteiger partial charge in [0.2, 0.25) is 0 Å². The summed E-state index contributed by atoms with van der Waals surface area (Å²) < 4.78 is 0. The molecule has 0 heterocycles. The van der Waals surface area contributed by atoms with E-state index in [9.17, 15) is 9.90 Å². The van der Waals surface area contributed by atoms with Crippen LogP contribution in [0.1, 0.15) is 13.3 Å². The van der Waals surface area contributed by atoms with E-state index in [0.29, 0.717) is 6.42 Å². The van der Waals surface area contributed by atoms with Gasteiger partial charge < -0.3 is 5.32 Å². The van der Waals surface area contributed by atoms with Crippen LogP contribution in [0.3, 0.4) is 0 Å². The topological polar surface area (TPSA) is 49.0 Å². The molecule has 1 N–H and O–H groups in total. The van der Waals surface area contributed by atoms with Crippen molar-refractivity contribution < 1.29 is 9.90 Å². The highest BCUT2D eigenvalue weighted by Crippen LogP contribution is 1.87. The number of rotatable bonds is 3. The third kappa shape index (κ3) is 1.93. The van der Waals surface area contributed by atoms with Gasteiger partial charge in [-0.2, -0.15) is 0 Å². The zero-order valence-electron chi connectivity index (χ0n) is 5.10. The second kappa shape index (κ2) is 3.43. The van der Waals surface area contributed by atoms with Crippen molar-refractivity contribution in [2.75, 3.05) is 7.05 Å². The Morgan fingerprint density at radius 3 is 2.25 bits per heavy atom. The van der Waals surface area contributed by atoms with E-state index in [2.05, 4.69) is 5.32 Å². The lowest BCUT2D eigenvalue weighted by atomic mass is 10.2. The summed E-state index contributed by atoms with van der Waals surface area (Å²) in [4.78, 5) is 9.99. The van der Waals surface area contributed by atoms with Crippen molar-refractivity contribution in [1.82, 2.24) is 5.32 Å². The molecule has 0 aliphatic heterocycles. The Morgan fingerprint density at radius 1 is 1.75 bits per heavy atom. The minimum absolute atomic E-state index is 0.491. The molecule has 0 saturated heterocycles. The molecule has 8 heavy (non-hydrogen) atoms. The van der Waals surface area contributed by atoms with E-state index in [1.54, 1.807) is 14.0 Å². The van der Waals surface area contributed by atoms with Gasteiger partial charge in [0, 0.05) is 0 Å². The molecule has 0 amide bonds. The minimum atomic E-state index is -1.03. The lowest BCUT2D eigenvalue weighted by molar-refractivity contribution is -0.145. The maximum absolute atomic E-state index is 9.99. The van der Waals surface area contributed by atoms with Gasteiger partial charge in [-0.25, -0.2) is 9.90 Å². The van der Waals surface area contributed by atoms with Gasteiger partial charge in [-0.05, 0) is 13.5 Å². The van der Waals surface area contributed by atoms with Gasteiger partial charge in [0.05, 0.1) is 0 Å². The fraction of sp³-hybridized carbons (Fsp3) is 0.800. The van der Waals surface area contributed by atoms with E-state index in [1.165, 1.54) is 0 Å². The van der Waals surface area contributed by atoms with Crippen molar-refractivity contribution in [3.8, 4) is 0 Å². The molecule has 0 aromatic rings. The van der Waals surface area contributed by atoms with Crippen molar-refractivity contribution >= 4 is 5.97 Å². The Morgan fingerprint density at radius 2 is 2.25 bits per heavy atom. The Balaban J connectivity index is 3.52. The highest BCUT2D eigenvalue weighted by molar-refractivity contribution is 5.72. The first-order valence-corrected chi connectivity index (χ1v) is 2.60. The van der Waals surface area contributed by atoms with E-state index >= 15 is 0 Å². The Kier molecular flexibility index (Phi) is 3.19. The first kappa shape index (κ1) is 7.43. The maximum Gasteiger partial charge on any atom is 0.372 e. The van der Waals surface area contributed by atoms with Gasteiger partial charge in [0.1, 0.15) is 6.04 Å². The summed E-state index contributed by atoms with van der Waals surface area (Å²) in [5.41, 5.74) is 0. The molecule has 47 valence electrons. The van der Waals surface area contributed by atoms with E-state index in [1.807, 2.05) is 0 Å². The predicted octanol–water partition coefficient (Wildman–Crippen LogP) is -0.0585. The van der Waals surface area contributed by atoms with Gasteiger partial charge in [0.15, 0.2) is 0 Å². The van der Waals surface area contributed by atoms with Crippen LogP contribution >= 0.6 is 0 Å². The second-order valence-electron chi connectivity index (χ2n) is 1.57. The summed E-state index contributed by atoms with van der Waals surface area (Å²) >= 11 is 0. The van der Waals surface area contributed by atoms with E-state index in [4.69, 9.17) is 0 Å². The molecule has 0 aromatic heterocycles. The van der Waals surface area contributed by atoms with Crippen molar-refractivity contribution in [2.45, 2.75) is 19.4 Å². The Bertz CT molecular complexity index is 78.5. The number of carbonyl (C=O) groups excluding carboxylic acids is 1. The third-order valence-corrected chi connectivity index (χ3v) is 1.04. The lowest BCUT2D eigenvalue weighted by Crippen LogP contribution is -2.31. The molecule has 0 spiro atoms. The number of hydrogen-bond acceptors (Lipinski definition) is 2. The largest absolute Gasteiger partial charge is 0.372 e. The van der Waals surface area contributed by atoms with Crippen LogP contribution < -0.4 is 5.32 Å². The summed E-state index contributed by atoms with van der Waals surface area (Å²) in [6, 6.07) is -0.491. The molecule has 1 atom stereocenters. The fourth-order valence-corrected chi connectivity index (χ4v) is 0.489. The summed E-state index contributed by atoms with van der Waals surface area (Å²) in [5.74, 6) is -1.03. The molecule has 1 unspecified atom stereocenters. The zero-order valence-corrected chi connectivity index (χ0v) is 5.10. The lowest BCUT2D eigenvalue weighted by Gasteiger charge is -2.02. The summed E-state index contributed by atoms with van der Waals surface area (Å²) in [6.07, 6.45) is 0.568. The normalized spacial score (nSPS) is 13.2. The van der Waals surface area contributed by atoms with Crippen LogP contribution in [0.4, 0.5) is 0 Å². The number of nitrogens with one attached hydrogen (secondary N) is 1. The molecule has 0 rings (SSSR count). The van der Waals surface area contributed by atoms with Crippen molar-refractivity contribution in [1.29, 1.82) is 0 Å². The Hall–Kier alpha value is -0.570. The number of carbonyl (C=O) groups is 1. The van der Waals surface area contributed by atoms with Gasteiger partial charge in [0.25, 0.3) is 0 Å². The van der Waals surface area contributed by atoms with Crippen LogP contribution in [0.15, 0.2) is 0 Å². The molecule has 1 radical (unpaired) electrons. The van der Waals surface area contributed by atoms with Crippen LogP contribution in [0.25, 0.3) is 0 Å². The van der Waals surface area contributed by atoms with Gasteiger partial charge in [-0.15, -0.1) is 0 Å². The molecule has 0 aliphatic carbocycles. The highest BCUT2D eigenvalue weighted by Gasteiger charge is 2.12. The molecule has 3 heteroatoms. The zero-order chi connectivity index (χ0) is 6.57. The average Bonchev–Trinajstić information content (AvgIpc) is 1.69. The summed E-state index contributed by atoms with van der Waals surface area (Å²) in [5, 5.41) is 12.6. The van der Waals surface area contributed by atoms with E-state index in [-0.39, 0.29) is 0 Å². The Labute approximate surface area is 48.7 Å². The number of hydrogen-bond donors (Lipinski definition) is 1. The SMILES string of the molecule is CCC(NC)C([O])=O. The first-order valence-electron chi connectivity index (χ1n) is 2.60. The fourth-order valence-electron chi connectivity index (χ4n) is 0.489. The van der Waals surface area contributed by atoms with Crippen molar-refractivity contribution in [3.63, 3.8) is 0 Å². The minimum Gasteiger partial charge on any atom is -0.307 e. The maximum atomic E-state index is 9.99. The monoisotopic (exact) mass is 116 g/mol. The van der Waals surface area contributed by atoms with E-state index < -0.39 is 12.0 Å². The van der Waals surface area contributed by atoms with Crippen molar-refractivity contribution in [2.24, 2.45) is 0 Å². The molecular formula is C5H10NO2. The van der Waals surface area contributed by atoms with Gasteiger partial charge in [-0.1, -0.05) is 6.92 Å². The molecule has 3 nitrogen and oxygen atoms in total. The molecular weight excluding hydrogens is 106 g/mol. The molecule has 0 fully saturated rings. The van der Waals surface area contributed by atoms with E-state index in [0.717, 1.165) is 0 Å². The quantitative estimate of drug-likeness (QED) is 0.561. The smallest absolute Gasteiger partial charge is 0.307 e. The first-order chi connectivity index (χ1) is 3.72. The van der Waals surface area contributed by atoms with Gasteiger partial charge in [-0.3, -0.25) is 0 Å². The second-order valence-corrected chi connectivity index (χ2v) is 1.57. The number of likely N-dealkylation sites (N-methyl/N-ethyl adjacent to an activating group) is 1. The molecule has 0 saturated carbocycles. The van der Waals surface area contributed by atoms with Crippen LogP contribution in [0.5, 0.6) is 0 Å². The highest BCUT2D eigenvalue weighted by atomic mass is 16.4. The third-order valence-electron chi connectivity index (χ3n) is 1.04. The molecule has 0 aromatic carbocycles. The van der Waals surface area contributed by atoms with Gasteiger partial charge >= 0.3 is 5.97 Å². The van der Waals surface area contributed by atoms with Crippen molar-refractivity contribution in [3.05, 3.63) is 0 Å². The van der Waals surface area contributed by atoms with Crippen LogP contribution in [-0.4, -0.2) is 19.1 Å². The van der Waals surface area contributed by atoms with Crippen LogP contribution in [0.2, 0.25) is 0 Å². The average molecular weight is 116 g/mol.